The molecule has 0 fully saturated rings. The highest BCUT2D eigenvalue weighted by molar-refractivity contribution is 6.33. The van der Waals surface area contributed by atoms with Gasteiger partial charge in [-0.15, -0.1) is 0 Å². The summed E-state index contributed by atoms with van der Waals surface area (Å²) in [6.45, 7) is 0. The molecule has 2 rings (SSSR count). The Morgan fingerprint density at radius 2 is 1.65 bits per heavy atom. The van der Waals surface area contributed by atoms with Gasteiger partial charge in [-0.1, -0.05) is 23.2 Å². The van der Waals surface area contributed by atoms with Crippen molar-refractivity contribution in [1.82, 2.24) is 4.98 Å². The number of nitriles is 1. The molecule has 4 nitrogen and oxygen atoms in total. The lowest BCUT2D eigenvalue weighted by Gasteiger charge is -2.10. The molecule has 0 spiro atoms. The predicted molar refractivity (Wildman–Crippen MR) is 77.5 cm³/mol. The van der Waals surface area contributed by atoms with Gasteiger partial charge in [0.25, 0.3) is 0 Å². The normalized spacial score (nSPS) is 9.95. The fourth-order valence-corrected chi connectivity index (χ4v) is 2.25. The number of hydrogen-bond donors (Lipinski definition) is 0. The van der Waals surface area contributed by atoms with Gasteiger partial charge < -0.3 is 9.47 Å². The maximum Gasteiger partial charge on any atom is 0.149 e. The second kappa shape index (κ2) is 6.00. The van der Waals surface area contributed by atoms with E-state index in [4.69, 9.17) is 32.7 Å². The van der Waals surface area contributed by atoms with Gasteiger partial charge in [0.05, 0.1) is 19.8 Å². The first-order valence-electron chi connectivity index (χ1n) is 5.58. The van der Waals surface area contributed by atoms with E-state index in [0.29, 0.717) is 22.6 Å². The SMILES string of the molecule is COc1cc(OC)cc(-c2cc(Cl)nc(Cl)c2C#N)c1. The van der Waals surface area contributed by atoms with Crippen LogP contribution in [-0.2, 0) is 0 Å². The van der Waals surface area contributed by atoms with Crippen LogP contribution < -0.4 is 9.47 Å². The molecule has 1 aromatic heterocycles. The van der Waals surface area contributed by atoms with E-state index in [1.807, 2.05) is 6.07 Å². The van der Waals surface area contributed by atoms with Crippen LogP contribution in [0.4, 0.5) is 0 Å². The molecule has 102 valence electrons. The Balaban J connectivity index is 2.71. The van der Waals surface area contributed by atoms with Crippen molar-refractivity contribution in [2.45, 2.75) is 0 Å². The number of benzene rings is 1. The Kier molecular flexibility index (Phi) is 4.33. The Labute approximate surface area is 126 Å². The molecule has 6 heteroatoms. The van der Waals surface area contributed by atoms with Gasteiger partial charge in [0.15, 0.2) is 0 Å². The topological polar surface area (TPSA) is 55.1 Å². The van der Waals surface area contributed by atoms with E-state index in [2.05, 4.69) is 4.98 Å². The first-order chi connectivity index (χ1) is 9.58. The van der Waals surface area contributed by atoms with Crippen LogP contribution in [0.25, 0.3) is 11.1 Å². The van der Waals surface area contributed by atoms with Gasteiger partial charge in [-0.3, -0.25) is 0 Å². The molecule has 1 aromatic carbocycles. The number of pyridine rings is 1. The number of rotatable bonds is 3. The highest BCUT2D eigenvalue weighted by Crippen LogP contribution is 2.34. The van der Waals surface area contributed by atoms with Gasteiger partial charge in [0.2, 0.25) is 0 Å². The second-order valence-corrected chi connectivity index (χ2v) is 4.62. The van der Waals surface area contributed by atoms with Crippen LogP contribution in [0.2, 0.25) is 10.3 Å². The van der Waals surface area contributed by atoms with Gasteiger partial charge in [-0.05, 0) is 23.8 Å². The van der Waals surface area contributed by atoms with Crippen LogP contribution in [-0.4, -0.2) is 19.2 Å². The Morgan fingerprint density at radius 1 is 1.05 bits per heavy atom. The second-order valence-electron chi connectivity index (χ2n) is 3.87. The molecular formula is C14H10Cl2N2O2. The number of halogens is 2. The van der Waals surface area contributed by atoms with E-state index >= 15 is 0 Å². The minimum absolute atomic E-state index is 0.0665. The molecule has 0 atom stereocenters. The minimum Gasteiger partial charge on any atom is -0.497 e. The van der Waals surface area contributed by atoms with Crippen molar-refractivity contribution < 1.29 is 9.47 Å². The number of nitrogens with zero attached hydrogens (tertiary/aromatic N) is 2. The monoisotopic (exact) mass is 308 g/mol. The third-order valence-corrected chi connectivity index (χ3v) is 3.19. The van der Waals surface area contributed by atoms with Gasteiger partial charge in [0.1, 0.15) is 27.9 Å². The molecule has 0 N–H and O–H groups in total. The molecule has 0 saturated carbocycles. The average molecular weight is 309 g/mol. The van der Waals surface area contributed by atoms with Crippen LogP contribution in [0, 0.1) is 11.3 Å². The summed E-state index contributed by atoms with van der Waals surface area (Å²) in [5.41, 5.74) is 1.55. The molecule has 0 aliphatic carbocycles. The van der Waals surface area contributed by atoms with E-state index in [1.165, 1.54) is 0 Å². The summed E-state index contributed by atoms with van der Waals surface area (Å²) < 4.78 is 10.4. The van der Waals surface area contributed by atoms with Gasteiger partial charge >= 0.3 is 0 Å². The maximum absolute atomic E-state index is 9.22. The smallest absolute Gasteiger partial charge is 0.149 e. The third-order valence-electron chi connectivity index (χ3n) is 2.72. The summed E-state index contributed by atoms with van der Waals surface area (Å²) in [6, 6.07) is 8.89. The molecule has 0 bridgehead atoms. The fourth-order valence-electron chi connectivity index (χ4n) is 1.78. The van der Waals surface area contributed by atoms with Crippen molar-refractivity contribution in [3.05, 3.63) is 40.1 Å². The Bertz CT molecular complexity index is 674. The summed E-state index contributed by atoms with van der Waals surface area (Å²) in [7, 11) is 3.10. The standard InChI is InChI=1S/C14H10Cl2N2O2/c1-19-9-3-8(4-10(5-9)20-2)11-6-13(15)18-14(16)12(11)7-17/h3-6H,1-2H3. The van der Waals surface area contributed by atoms with Crippen molar-refractivity contribution in [1.29, 1.82) is 5.26 Å². The van der Waals surface area contributed by atoms with E-state index in [1.54, 1.807) is 38.5 Å². The predicted octanol–water partition coefficient (Wildman–Crippen LogP) is 3.94. The minimum atomic E-state index is 0.0665. The summed E-state index contributed by atoms with van der Waals surface area (Å²) in [5, 5.41) is 9.50. The van der Waals surface area contributed by atoms with Crippen molar-refractivity contribution in [3.8, 4) is 28.7 Å². The highest BCUT2D eigenvalue weighted by Gasteiger charge is 2.14. The molecule has 0 aliphatic heterocycles. The number of methoxy groups -OCH3 is 2. The van der Waals surface area contributed by atoms with Gasteiger partial charge in [-0.2, -0.15) is 5.26 Å². The molecule has 1 heterocycles. The number of aromatic nitrogens is 1. The maximum atomic E-state index is 9.22. The molecule has 2 aromatic rings. The molecular weight excluding hydrogens is 299 g/mol. The largest absolute Gasteiger partial charge is 0.497 e. The molecule has 0 saturated heterocycles. The molecule has 20 heavy (non-hydrogen) atoms. The zero-order valence-electron chi connectivity index (χ0n) is 10.8. The van der Waals surface area contributed by atoms with Gasteiger partial charge in [-0.25, -0.2) is 4.98 Å². The summed E-state index contributed by atoms with van der Waals surface area (Å²) in [5.74, 6) is 1.21. The average Bonchev–Trinajstić information content (AvgIpc) is 2.45. The Morgan fingerprint density at radius 3 is 2.15 bits per heavy atom. The van der Waals surface area contributed by atoms with Crippen molar-refractivity contribution in [3.63, 3.8) is 0 Å². The van der Waals surface area contributed by atoms with Gasteiger partial charge in [0, 0.05) is 11.6 Å². The van der Waals surface area contributed by atoms with Crippen LogP contribution in [0.3, 0.4) is 0 Å². The molecule has 0 radical (unpaired) electrons. The molecule has 0 unspecified atom stereocenters. The third kappa shape index (κ3) is 2.79. The summed E-state index contributed by atoms with van der Waals surface area (Å²) in [4.78, 5) is 3.86. The van der Waals surface area contributed by atoms with Crippen molar-refractivity contribution in [2.75, 3.05) is 14.2 Å². The Hall–Kier alpha value is -1.96. The summed E-state index contributed by atoms with van der Waals surface area (Å²) in [6.07, 6.45) is 0. The van der Waals surface area contributed by atoms with Crippen LogP contribution in [0.15, 0.2) is 24.3 Å². The van der Waals surface area contributed by atoms with E-state index < -0.39 is 0 Å². The van der Waals surface area contributed by atoms with E-state index in [-0.39, 0.29) is 15.9 Å². The van der Waals surface area contributed by atoms with Crippen LogP contribution in [0.1, 0.15) is 5.56 Å². The summed E-state index contributed by atoms with van der Waals surface area (Å²) >= 11 is 11.9. The lowest BCUT2D eigenvalue weighted by atomic mass is 10.0. The van der Waals surface area contributed by atoms with Crippen LogP contribution in [0.5, 0.6) is 11.5 Å². The number of hydrogen-bond acceptors (Lipinski definition) is 4. The zero-order valence-corrected chi connectivity index (χ0v) is 12.3. The van der Waals surface area contributed by atoms with Crippen LogP contribution >= 0.6 is 23.2 Å². The first kappa shape index (κ1) is 14.4. The quantitative estimate of drug-likeness (QED) is 0.806. The lowest BCUT2D eigenvalue weighted by Crippen LogP contribution is -1.93. The zero-order chi connectivity index (χ0) is 14.7. The number of ether oxygens (including phenoxy) is 2. The first-order valence-corrected chi connectivity index (χ1v) is 6.34. The lowest BCUT2D eigenvalue weighted by molar-refractivity contribution is 0.394. The fraction of sp³-hybridized carbons (Fsp3) is 0.143. The van der Waals surface area contributed by atoms with E-state index in [0.717, 1.165) is 0 Å². The highest BCUT2D eigenvalue weighted by atomic mass is 35.5. The molecule has 0 aliphatic rings. The van der Waals surface area contributed by atoms with E-state index in [9.17, 15) is 5.26 Å². The molecule has 0 amide bonds. The van der Waals surface area contributed by atoms with Crippen molar-refractivity contribution >= 4 is 23.2 Å². The van der Waals surface area contributed by atoms with Crippen molar-refractivity contribution in [2.24, 2.45) is 0 Å².